The molecule has 0 aromatic heterocycles. The Labute approximate surface area is 111 Å². The van der Waals surface area contributed by atoms with Gasteiger partial charge in [-0.25, -0.2) is 13.1 Å². The molecule has 0 spiro atoms. The average Bonchev–Trinajstić information content (AvgIpc) is 2.67. The molecule has 7 heteroatoms. The van der Waals surface area contributed by atoms with Crippen LogP contribution in [0.15, 0.2) is 23.1 Å². The van der Waals surface area contributed by atoms with E-state index in [9.17, 15) is 13.2 Å². The molecule has 19 heavy (non-hydrogen) atoms. The molecule has 0 fully saturated rings. The first kappa shape index (κ1) is 13.8. The van der Waals surface area contributed by atoms with E-state index in [0.717, 1.165) is 5.56 Å². The van der Waals surface area contributed by atoms with Gasteiger partial charge in [0.1, 0.15) is 11.9 Å². The lowest BCUT2D eigenvalue weighted by Gasteiger charge is -2.07. The average molecular weight is 285 g/mol. The normalized spacial score (nSPS) is 17.8. The van der Waals surface area contributed by atoms with Gasteiger partial charge in [-0.2, -0.15) is 0 Å². The van der Waals surface area contributed by atoms with Gasteiger partial charge in [0.05, 0.1) is 11.3 Å². The van der Waals surface area contributed by atoms with Crippen molar-refractivity contribution < 1.29 is 23.1 Å². The molecule has 1 aliphatic rings. The maximum absolute atomic E-state index is 12.0. The minimum Gasteiger partial charge on any atom is -0.490 e. The molecule has 1 aliphatic heterocycles. The Morgan fingerprint density at radius 2 is 2.26 bits per heavy atom. The molecule has 104 valence electrons. The number of carboxylic acids is 1. The van der Waals surface area contributed by atoms with E-state index in [0.29, 0.717) is 12.2 Å². The number of hydrogen-bond acceptors (Lipinski definition) is 4. The smallest absolute Gasteiger partial charge is 0.304 e. The molecule has 1 aromatic rings. The van der Waals surface area contributed by atoms with Crippen LogP contribution in [-0.2, 0) is 21.2 Å². The van der Waals surface area contributed by atoms with Crippen LogP contribution in [0.1, 0.15) is 18.9 Å². The summed E-state index contributed by atoms with van der Waals surface area (Å²) in [6, 6.07) is 4.66. The molecule has 1 aromatic carbocycles. The highest BCUT2D eigenvalue weighted by molar-refractivity contribution is 7.89. The number of rotatable bonds is 5. The quantitative estimate of drug-likeness (QED) is 0.833. The Morgan fingerprint density at radius 1 is 1.53 bits per heavy atom. The lowest BCUT2D eigenvalue weighted by molar-refractivity contribution is -0.136. The van der Waals surface area contributed by atoms with Gasteiger partial charge in [0.25, 0.3) is 0 Å². The van der Waals surface area contributed by atoms with Gasteiger partial charge in [-0.1, -0.05) is 0 Å². The molecule has 0 aliphatic carbocycles. The third kappa shape index (κ3) is 3.24. The largest absolute Gasteiger partial charge is 0.490 e. The van der Waals surface area contributed by atoms with E-state index in [1.165, 1.54) is 6.07 Å². The topological polar surface area (TPSA) is 92.7 Å². The van der Waals surface area contributed by atoms with Crippen molar-refractivity contribution >= 4 is 16.0 Å². The van der Waals surface area contributed by atoms with E-state index >= 15 is 0 Å². The van der Waals surface area contributed by atoms with Crippen LogP contribution >= 0.6 is 0 Å². The van der Waals surface area contributed by atoms with E-state index in [4.69, 9.17) is 9.84 Å². The van der Waals surface area contributed by atoms with Gasteiger partial charge in [0, 0.05) is 13.0 Å². The van der Waals surface area contributed by atoms with Crippen LogP contribution in [0.4, 0.5) is 0 Å². The highest BCUT2D eigenvalue weighted by Gasteiger charge is 2.22. The second-order valence-electron chi connectivity index (χ2n) is 4.44. The monoisotopic (exact) mass is 285 g/mol. The van der Waals surface area contributed by atoms with Gasteiger partial charge in [-0.15, -0.1) is 0 Å². The van der Waals surface area contributed by atoms with Crippen molar-refractivity contribution in [3.05, 3.63) is 23.8 Å². The van der Waals surface area contributed by atoms with Crippen LogP contribution in [0.5, 0.6) is 5.75 Å². The summed E-state index contributed by atoms with van der Waals surface area (Å²) >= 11 is 0. The van der Waals surface area contributed by atoms with Crippen molar-refractivity contribution in [3.8, 4) is 5.75 Å². The number of carbonyl (C=O) groups is 1. The fraction of sp³-hybridized carbons (Fsp3) is 0.417. The van der Waals surface area contributed by atoms with E-state index in [1.54, 1.807) is 12.1 Å². The zero-order valence-electron chi connectivity index (χ0n) is 10.4. The summed E-state index contributed by atoms with van der Waals surface area (Å²) < 4.78 is 31.7. The SMILES string of the molecule is CC1Cc2cc(S(=O)(=O)NCCC(=O)O)ccc2O1. The summed E-state index contributed by atoms with van der Waals surface area (Å²) in [5.41, 5.74) is 0.855. The second-order valence-corrected chi connectivity index (χ2v) is 6.21. The van der Waals surface area contributed by atoms with Crippen LogP contribution in [0.25, 0.3) is 0 Å². The van der Waals surface area contributed by atoms with E-state index in [1.807, 2.05) is 6.92 Å². The summed E-state index contributed by atoms with van der Waals surface area (Å²) in [5, 5.41) is 8.49. The van der Waals surface area contributed by atoms with Crippen LogP contribution < -0.4 is 9.46 Å². The lowest BCUT2D eigenvalue weighted by atomic mass is 10.1. The van der Waals surface area contributed by atoms with Gasteiger partial charge in [-0.05, 0) is 30.7 Å². The second kappa shape index (κ2) is 5.18. The Morgan fingerprint density at radius 3 is 2.95 bits per heavy atom. The lowest BCUT2D eigenvalue weighted by Crippen LogP contribution is -2.26. The molecule has 0 bridgehead atoms. The number of nitrogens with one attached hydrogen (secondary N) is 1. The van der Waals surface area contributed by atoms with E-state index in [-0.39, 0.29) is 24.0 Å². The number of sulfonamides is 1. The summed E-state index contributed by atoms with van der Waals surface area (Å²) in [4.78, 5) is 10.5. The molecule has 1 unspecified atom stereocenters. The third-order valence-corrected chi connectivity index (χ3v) is 4.27. The van der Waals surface area contributed by atoms with Crippen molar-refractivity contribution in [1.82, 2.24) is 4.72 Å². The molecule has 0 radical (unpaired) electrons. The third-order valence-electron chi connectivity index (χ3n) is 2.81. The van der Waals surface area contributed by atoms with Gasteiger partial charge in [0.2, 0.25) is 10.0 Å². The molecular weight excluding hydrogens is 270 g/mol. The fourth-order valence-electron chi connectivity index (χ4n) is 1.94. The first-order valence-electron chi connectivity index (χ1n) is 5.89. The molecule has 2 rings (SSSR count). The molecule has 2 N–H and O–H groups in total. The minimum absolute atomic E-state index is 0.0490. The van der Waals surface area contributed by atoms with Crippen LogP contribution in [-0.4, -0.2) is 32.1 Å². The number of carboxylic acid groups (broad SMARTS) is 1. The van der Waals surface area contributed by atoms with Crippen molar-refractivity contribution in [3.63, 3.8) is 0 Å². The van der Waals surface area contributed by atoms with Crippen molar-refractivity contribution in [1.29, 1.82) is 0 Å². The van der Waals surface area contributed by atoms with Crippen LogP contribution in [0.3, 0.4) is 0 Å². The molecule has 6 nitrogen and oxygen atoms in total. The molecule has 0 saturated heterocycles. The van der Waals surface area contributed by atoms with Crippen molar-refractivity contribution in [2.45, 2.75) is 30.8 Å². The number of fused-ring (bicyclic) bond motifs is 1. The Kier molecular flexibility index (Phi) is 3.77. The summed E-state index contributed by atoms with van der Waals surface area (Å²) in [6.45, 7) is 1.79. The Balaban J connectivity index is 2.13. The van der Waals surface area contributed by atoms with E-state index < -0.39 is 16.0 Å². The van der Waals surface area contributed by atoms with Crippen LogP contribution in [0.2, 0.25) is 0 Å². The van der Waals surface area contributed by atoms with Crippen LogP contribution in [0, 0.1) is 0 Å². The van der Waals surface area contributed by atoms with E-state index in [2.05, 4.69) is 4.72 Å². The van der Waals surface area contributed by atoms with Gasteiger partial charge < -0.3 is 9.84 Å². The maximum Gasteiger partial charge on any atom is 0.304 e. The predicted octanol–water partition coefficient (Wildman–Crippen LogP) is 0.763. The van der Waals surface area contributed by atoms with Crippen molar-refractivity contribution in [2.24, 2.45) is 0 Å². The highest BCUT2D eigenvalue weighted by Crippen LogP contribution is 2.30. The first-order chi connectivity index (χ1) is 8.88. The number of aliphatic carboxylic acids is 1. The highest BCUT2D eigenvalue weighted by atomic mass is 32.2. The zero-order valence-corrected chi connectivity index (χ0v) is 11.2. The Hall–Kier alpha value is -1.60. The maximum atomic E-state index is 12.0. The van der Waals surface area contributed by atoms with Gasteiger partial charge in [0.15, 0.2) is 0 Å². The predicted molar refractivity (Wildman–Crippen MR) is 67.7 cm³/mol. The van der Waals surface area contributed by atoms with Crippen molar-refractivity contribution in [2.75, 3.05) is 6.54 Å². The molecule has 1 heterocycles. The summed E-state index contributed by atoms with van der Waals surface area (Å²) in [6.07, 6.45) is 0.478. The van der Waals surface area contributed by atoms with Gasteiger partial charge >= 0.3 is 5.97 Å². The minimum atomic E-state index is -3.66. The number of ether oxygens (including phenoxy) is 1. The van der Waals surface area contributed by atoms with Gasteiger partial charge in [-0.3, -0.25) is 4.79 Å². The molecule has 0 saturated carbocycles. The Bertz CT molecular complexity index is 596. The molecular formula is C12H15NO5S. The summed E-state index contributed by atoms with van der Waals surface area (Å²) in [5.74, 6) is -0.337. The number of benzene rings is 1. The zero-order chi connectivity index (χ0) is 14.0. The molecule has 0 amide bonds. The fourth-order valence-corrected chi connectivity index (χ4v) is 3.02. The first-order valence-corrected chi connectivity index (χ1v) is 7.38. The standard InChI is InChI=1S/C12H15NO5S/c1-8-6-9-7-10(2-3-11(9)18-8)19(16,17)13-5-4-12(14)15/h2-3,7-8,13H,4-6H2,1H3,(H,14,15). The number of hydrogen-bond donors (Lipinski definition) is 2. The molecule has 1 atom stereocenters. The summed E-state index contributed by atoms with van der Waals surface area (Å²) in [7, 11) is -3.66.